The summed E-state index contributed by atoms with van der Waals surface area (Å²) in [5, 5.41) is 2.52. The number of rotatable bonds is 7. The molecule has 0 aromatic heterocycles. The van der Waals surface area contributed by atoms with Crippen molar-refractivity contribution in [1.82, 2.24) is 0 Å². The minimum absolute atomic E-state index is 0.113. The topological polar surface area (TPSA) is 12.5 Å². The Morgan fingerprint density at radius 2 is 1.07 bits per heavy atom. The van der Waals surface area contributed by atoms with E-state index in [-0.39, 0.29) is 5.92 Å². The van der Waals surface area contributed by atoms with Crippen molar-refractivity contribution in [2.45, 2.75) is 18.4 Å². The third kappa shape index (κ3) is 5.75. The summed E-state index contributed by atoms with van der Waals surface area (Å²) in [5.41, 5.74) is 13.6. The van der Waals surface area contributed by atoms with Gasteiger partial charge in [-0.05, 0) is 87.5 Å². The number of fused-ring (bicyclic) bond motifs is 4. The Kier molecular flexibility index (Phi) is 8.03. The highest BCUT2D eigenvalue weighted by atomic mass is 16.5. The second-order valence-electron chi connectivity index (χ2n) is 14.6. The van der Waals surface area contributed by atoms with Gasteiger partial charge in [-0.2, -0.15) is 0 Å². The van der Waals surface area contributed by atoms with Crippen LogP contribution in [0.25, 0.3) is 55.3 Å². The molecule has 0 bridgehead atoms. The van der Waals surface area contributed by atoms with E-state index in [1.807, 2.05) is 0 Å². The van der Waals surface area contributed by atoms with Crippen LogP contribution in [-0.4, -0.2) is 5.60 Å². The largest absolute Gasteiger partial charge is 0.482 e. The minimum atomic E-state index is -0.417. The molecule has 2 nitrogen and oxygen atoms in total. The molecular weight excluding hydrogens is 667 g/mol. The molecule has 8 aromatic carbocycles. The fourth-order valence-corrected chi connectivity index (χ4v) is 8.60. The molecule has 0 saturated heterocycles. The van der Waals surface area contributed by atoms with Gasteiger partial charge in [-0.15, -0.1) is 0 Å². The maximum Gasteiger partial charge on any atom is 0.135 e. The predicted octanol–water partition coefficient (Wildman–Crippen LogP) is 14.3. The first-order valence-electron chi connectivity index (χ1n) is 19.1. The van der Waals surface area contributed by atoms with E-state index in [0.717, 1.165) is 39.5 Å². The Morgan fingerprint density at radius 3 is 1.93 bits per heavy atom. The fraction of sp³-hybridized carbons (Fsp3) is 0.0566. The molecule has 0 radical (unpaired) electrons. The average molecular weight is 706 g/mol. The molecule has 8 aromatic rings. The van der Waals surface area contributed by atoms with E-state index in [2.05, 4.69) is 224 Å². The molecular formula is C53H39NO. The lowest BCUT2D eigenvalue weighted by Crippen LogP contribution is -2.32. The van der Waals surface area contributed by atoms with Gasteiger partial charge in [-0.25, -0.2) is 0 Å². The van der Waals surface area contributed by atoms with Crippen LogP contribution in [0.3, 0.4) is 0 Å². The van der Waals surface area contributed by atoms with Crippen molar-refractivity contribution in [2.24, 2.45) is 0 Å². The first-order valence-corrected chi connectivity index (χ1v) is 19.1. The number of para-hydroxylation sites is 2. The van der Waals surface area contributed by atoms with Gasteiger partial charge in [0, 0.05) is 28.3 Å². The molecule has 0 spiro atoms. The molecule has 1 aliphatic heterocycles. The quantitative estimate of drug-likeness (QED) is 0.164. The molecule has 262 valence electrons. The number of benzene rings is 8. The summed E-state index contributed by atoms with van der Waals surface area (Å²) in [4.78, 5) is 2.44. The van der Waals surface area contributed by atoms with E-state index in [4.69, 9.17) is 4.74 Å². The molecule has 2 unspecified atom stereocenters. The van der Waals surface area contributed by atoms with Crippen LogP contribution in [0.5, 0.6) is 5.75 Å². The summed E-state index contributed by atoms with van der Waals surface area (Å²) in [6, 6.07) is 67.9. The number of anilines is 3. The van der Waals surface area contributed by atoms with Crippen molar-refractivity contribution >= 4 is 27.8 Å². The van der Waals surface area contributed by atoms with Gasteiger partial charge in [0.2, 0.25) is 0 Å². The van der Waals surface area contributed by atoms with E-state index in [1.54, 1.807) is 0 Å². The van der Waals surface area contributed by atoms with Gasteiger partial charge in [0.05, 0.1) is 11.4 Å². The van der Waals surface area contributed by atoms with E-state index >= 15 is 0 Å². The third-order valence-electron chi connectivity index (χ3n) is 11.3. The van der Waals surface area contributed by atoms with Gasteiger partial charge in [0.25, 0.3) is 0 Å². The monoisotopic (exact) mass is 705 g/mol. The fourth-order valence-electron chi connectivity index (χ4n) is 8.60. The summed E-state index contributed by atoms with van der Waals surface area (Å²) in [5.74, 6) is 1.06. The van der Waals surface area contributed by atoms with Gasteiger partial charge < -0.3 is 9.64 Å². The minimum Gasteiger partial charge on any atom is -0.482 e. The Balaban J connectivity index is 1.13. The van der Waals surface area contributed by atoms with Crippen LogP contribution in [0, 0.1) is 0 Å². The third-order valence-corrected chi connectivity index (χ3v) is 11.3. The highest BCUT2D eigenvalue weighted by molar-refractivity contribution is 5.98. The van der Waals surface area contributed by atoms with Crippen LogP contribution in [-0.2, 0) is 0 Å². The summed E-state index contributed by atoms with van der Waals surface area (Å²) in [7, 11) is 0. The highest BCUT2D eigenvalue weighted by Crippen LogP contribution is 2.54. The number of ether oxygens (including phenoxy) is 1. The number of allylic oxidation sites excluding steroid dienone is 2. The first-order chi connectivity index (χ1) is 27.1. The highest BCUT2D eigenvalue weighted by Gasteiger charge is 2.44. The standard InChI is InChI=1S/C53H39NO/c1-53-35-12-11-27-48(53)52-47(26-15-30-51(52)55-53)46-24-8-10-29-50(46)54(49-28-9-7-23-45(49)39-16-3-2-4-17-39)42-21-13-20-41(36-42)37-31-33-40(34-32-37)44-25-14-19-38-18-5-6-22-43(38)44/h2-36,48H,1H3. The zero-order valence-electron chi connectivity index (χ0n) is 30.6. The van der Waals surface area contributed by atoms with Crippen LogP contribution in [0.1, 0.15) is 18.4 Å². The molecule has 1 aliphatic carbocycles. The van der Waals surface area contributed by atoms with E-state index in [0.29, 0.717) is 0 Å². The number of nitrogens with zero attached hydrogens (tertiary/aromatic N) is 1. The van der Waals surface area contributed by atoms with Gasteiger partial charge >= 0.3 is 0 Å². The number of hydrogen-bond acceptors (Lipinski definition) is 2. The molecule has 0 saturated carbocycles. The molecule has 0 amide bonds. The summed E-state index contributed by atoms with van der Waals surface area (Å²) >= 11 is 0. The van der Waals surface area contributed by atoms with Crippen molar-refractivity contribution in [3.8, 4) is 50.3 Å². The van der Waals surface area contributed by atoms with Crippen LogP contribution in [0.15, 0.2) is 212 Å². The molecule has 0 fully saturated rings. The lowest BCUT2D eigenvalue weighted by molar-refractivity contribution is 0.155. The maximum atomic E-state index is 6.68. The van der Waals surface area contributed by atoms with Crippen molar-refractivity contribution in [3.63, 3.8) is 0 Å². The van der Waals surface area contributed by atoms with Crippen molar-refractivity contribution in [1.29, 1.82) is 0 Å². The van der Waals surface area contributed by atoms with Crippen molar-refractivity contribution in [2.75, 3.05) is 4.90 Å². The van der Waals surface area contributed by atoms with Crippen LogP contribution in [0.4, 0.5) is 17.1 Å². The maximum absolute atomic E-state index is 6.68. The second-order valence-corrected chi connectivity index (χ2v) is 14.6. The van der Waals surface area contributed by atoms with Gasteiger partial charge in [-0.1, -0.05) is 176 Å². The lowest BCUT2D eigenvalue weighted by atomic mass is 9.79. The Labute approximate surface area is 322 Å². The zero-order valence-corrected chi connectivity index (χ0v) is 30.6. The number of hydrogen-bond donors (Lipinski definition) is 0. The Morgan fingerprint density at radius 1 is 0.473 bits per heavy atom. The average Bonchev–Trinajstić information content (AvgIpc) is 3.57. The second kappa shape index (κ2) is 13.5. The molecule has 10 rings (SSSR count). The van der Waals surface area contributed by atoms with Crippen molar-refractivity contribution in [3.05, 3.63) is 218 Å². The van der Waals surface area contributed by atoms with Crippen molar-refractivity contribution < 1.29 is 4.74 Å². The lowest BCUT2D eigenvalue weighted by Gasteiger charge is -2.31. The molecule has 0 N–H and O–H groups in total. The predicted molar refractivity (Wildman–Crippen MR) is 230 cm³/mol. The zero-order chi connectivity index (χ0) is 36.8. The smallest absolute Gasteiger partial charge is 0.135 e. The normalized spacial score (nSPS) is 16.7. The first kappa shape index (κ1) is 32.7. The molecule has 1 heterocycles. The molecule has 55 heavy (non-hydrogen) atoms. The van der Waals surface area contributed by atoms with E-state index in [9.17, 15) is 0 Å². The van der Waals surface area contributed by atoms with Crippen LogP contribution in [0.2, 0.25) is 0 Å². The summed E-state index contributed by atoms with van der Waals surface area (Å²) in [6.45, 7) is 2.19. The summed E-state index contributed by atoms with van der Waals surface area (Å²) in [6.07, 6.45) is 8.73. The molecule has 2 aliphatic rings. The van der Waals surface area contributed by atoms with Gasteiger partial charge in [-0.3, -0.25) is 0 Å². The summed E-state index contributed by atoms with van der Waals surface area (Å²) < 4.78 is 6.68. The van der Waals surface area contributed by atoms with Gasteiger partial charge in [0.15, 0.2) is 0 Å². The van der Waals surface area contributed by atoms with Crippen LogP contribution >= 0.6 is 0 Å². The molecule has 2 heteroatoms. The SMILES string of the molecule is CC12C=CC=CC1c1c(cccc1-c1ccccc1N(c1cccc(-c3ccc(-c4cccc5ccccc45)cc3)c1)c1ccccc1-c1ccccc1)O2. The van der Waals surface area contributed by atoms with E-state index < -0.39 is 5.60 Å². The Hall–Kier alpha value is -6.90. The van der Waals surface area contributed by atoms with E-state index in [1.165, 1.54) is 44.2 Å². The van der Waals surface area contributed by atoms with Crippen LogP contribution < -0.4 is 9.64 Å². The molecule has 2 atom stereocenters. The Bertz CT molecular complexity index is 2760. The van der Waals surface area contributed by atoms with Gasteiger partial charge in [0.1, 0.15) is 11.4 Å².